The van der Waals surface area contributed by atoms with E-state index in [2.05, 4.69) is 0 Å². The first-order valence-corrected chi connectivity index (χ1v) is 10.1. The van der Waals surface area contributed by atoms with Gasteiger partial charge in [-0.25, -0.2) is 4.39 Å². The number of methoxy groups -OCH3 is 1. The van der Waals surface area contributed by atoms with E-state index in [1.54, 1.807) is 19.2 Å². The number of piperazine rings is 1. The van der Waals surface area contributed by atoms with Crippen LogP contribution in [0.1, 0.15) is 17.3 Å². The van der Waals surface area contributed by atoms with E-state index in [9.17, 15) is 14.0 Å². The highest BCUT2D eigenvalue weighted by Gasteiger charge is 2.23. The van der Waals surface area contributed by atoms with Gasteiger partial charge in [-0.3, -0.25) is 9.59 Å². The Labute approximate surface area is 168 Å². The zero-order chi connectivity index (χ0) is 20.1. The summed E-state index contributed by atoms with van der Waals surface area (Å²) in [6.45, 7) is 3.65. The summed E-state index contributed by atoms with van der Waals surface area (Å²) in [6.07, 6.45) is 0. The Kier molecular flexibility index (Phi) is 6.57. The van der Waals surface area contributed by atoms with Crippen LogP contribution < -0.4 is 9.64 Å². The monoisotopic (exact) mass is 402 g/mol. The number of benzene rings is 2. The summed E-state index contributed by atoms with van der Waals surface area (Å²) < 4.78 is 19.5. The van der Waals surface area contributed by atoms with Crippen LogP contribution in [0.3, 0.4) is 0 Å². The molecule has 7 heteroatoms. The van der Waals surface area contributed by atoms with E-state index < -0.39 is 5.82 Å². The van der Waals surface area contributed by atoms with Gasteiger partial charge in [0.1, 0.15) is 11.6 Å². The average Bonchev–Trinajstić information content (AvgIpc) is 2.72. The average molecular weight is 402 g/mol. The van der Waals surface area contributed by atoms with Gasteiger partial charge in [0.25, 0.3) is 0 Å². The van der Waals surface area contributed by atoms with Crippen molar-refractivity contribution in [1.29, 1.82) is 0 Å². The summed E-state index contributed by atoms with van der Waals surface area (Å²) in [6, 6.07) is 12.2. The normalized spacial score (nSPS) is 14.1. The molecule has 0 radical (unpaired) electrons. The fourth-order valence-corrected chi connectivity index (χ4v) is 3.89. The Balaban J connectivity index is 1.51. The molecule has 28 heavy (non-hydrogen) atoms. The highest BCUT2D eigenvalue weighted by molar-refractivity contribution is 8.00. The van der Waals surface area contributed by atoms with E-state index in [1.165, 1.54) is 24.8 Å². The Bertz CT molecular complexity index is 849. The SMILES string of the molecule is COc1ccc(SCC(=O)N2CCN(c3ccc(C(C)=O)cc3F)CC2)cc1. The van der Waals surface area contributed by atoms with Crippen molar-refractivity contribution in [3.05, 3.63) is 53.8 Å². The lowest BCUT2D eigenvalue weighted by atomic mass is 10.1. The summed E-state index contributed by atoms with van der Waals surface area (Å²) in [5.74, 6) is 0.676. The van der Waals surface area contributed by atoms with Crippen molar-refractivity contribution in [3.8, 4) is 5.75 Å². The maximum absolute atomic E-state index is 14.3. The Morgan fingerprint density at radius 3 is 2.32 bits per heavy atom. The lowest BCUT2D eigenvalue weighted by Crippen LogP contribution is -2.49. The quantitative estimate of drug-likeness (QED) is 0.547. The standard InChI is InChI=1S/C21H23FN2O3S/c1-15(25)16-3-8-20(19(22)13-16)23-9-11-24(12-10-23)21(26)14-28-18-6-4-17(27-2)5-7-18/h3-8,13H,9-12,14H2,1-2H3. The number of halogens is 1. The first kappa shape index (κ1) is 20.2. The van der Waals surface area contributed by atoms with E-state index in [0.717, 1.165) is 10.6 Å². The molecule has 2 aromatic carbocycles. The summed E-state index contributed by atoms with van der Waals surface area (Å²) in [4.78, 5) is 28.6. The molecule has 1 saturated heterocycles. The maximum Gasteiger partial charge on any atom is 0.233 e. The van der Waals surface area contributed by atoms with Gasteiger partial charge in [0.05, 0.1) is 18.6 Å². The molecule has 1 aliphatic rings. The molecule has 1 fully saturated rings. The molecule has 2 aromatic rings. The van der Waals surface area contributed by atoms with Crippen LogP contribution in [-0.4, -0.2) is 55.6 Å². The predicted octanol–water partition coefficient (Wildman–Crippen LogP) is 3.48. The van der Waals surface area contributed by atoms with Crippen molar-refractivity contribution >= 4 is 29.1 Å². The predicted molar refractivity (Wildman–Crippen MR) is 109 cm³/mol. The molecule has 0 aliphatic carbocycles. The molecule has 1 aliphatic heterocycles. The fourth-order valence-electron chi connectivity index (χ4n) is 3.09. The van der Waals surface area contributed by atoms with Gasteiger partial charge < -0.3 is 14.5 Å². The van der Waals surface area contributed by atoms with Gasteiger partial charge in [-0.05, 0) is 49.4 Å². The zero-order valence-corrected chi connectivity index (χ0v) is 16.8. The molecule has 1 amide bonds. The number of ketones is 1. The maximum atomic E-state index is 14.3. The third-order valence-electron chi connectivity index (χ3n) is 4.75. The summed E-state index contributed by atoms with van der Waals surface area (Å²) in [5, 5.41) is 0. The fraction of sp³-hybridized carbons (Fsp3) is 0.333. The molecule has 0 saturated carbocycles. The van der Waals surface area contributed by atoms with E-state index in [-0.39, 0.29) is 11.7 Å². The number of ether oxygens (including phenoxy) is 1. The minimum absolute atomic E-state index is 0.0767. The van der Waals surface area contributed by atoms with Crippen molar-refractivity contribution in [3.63, 3.8) is 0 Å². The van der Waals surface area contributed by atoms with Gasteiger partial charge in [-0.15, -0.1) is 11.8 Å². The first-order valence-electron chi connectivity index (χ1n) is 9.08. The number of hydrogen-bond acceptors (Lipinski definition) is 5. The Hall–Kier alpha value is -2.54. The third-order valence-corrected chi connectivity index (χ3v) is 5.75. The van der Waals surface area contributed by atoms with Crippen molar-refractivity contribution in [1.82, 2.24) is 4.90 Å². The molecule has 0 atom stereocenters. The smallest absolute Gasteiger partial charge is 0.233 e. The second-order valence-corrected chi connectivity index (χ2v) is 7.60. The molecule has 0 spiro atoms. The number of rotatable bonds is 6. The van der Waals surface area contributed by atoms with Crippen LogP contribution >= 0.6 is 11.8 Å². The van der Waals surface area contributed by atoms with Gasteiger partial charge in [0, 0.05) is 36.6 Å². The second-order valence-electron chi connectivity index (χ2n) is 6.55. The molecular weight excluding hydrogens is 379 g/mol. The molecule has 3 rings (SSSR count). The number of carbonyl (C=O) groups is 2. The van der Waals surface area contributed by atoms with Gasteiger partial charge >= 0.3 is 0 Å². The highest BCUT2D eigenvalue weighted by Crippen LogP contribution is 2.24. The van der Waals surface area contributed by atoms with Crippen molar-refractivity contribution in [2.75, 3.05) is 43.9 Å². The van der Waals surface area contributed by atoms with Crippen LogP contribution in [0.2, 0.25) is 0 Å². The number of carbonyl (C=O) groups excluding carboxylic acids is 2. The summed E-state index contributed by atoms with van der Waals surface area (Å²) in [5.41, 5.74) is 0.843. The molecule has 0 bridgehead atoms. The van der Waals surface area contributed by atoms with Crippen LogP contribution in [0.4, 0.5) is 10.1 Å². The molecule has 0 N–H and O–H groups in total. The van der Waals surface area contributed by atoms with Crippen LogP contribution in [0.5, 0.6) is 5.75 Å². The number of hydrogen-bond donors (Lipinski definition) is 0. The molecular formula is C21H23FN2O3S. The topological polar surface area (TPSA) is 49.9 Å². The van der Waals surface area contributed by atoms with E-state index in [0.29, 0.717) is 43.2 Å². The minimum atomic E-state index is -0.400. The molecule has 1 heterocycles. The molecule has 148 valence electrons. The van der Waals surface area contributed by atoms with Crippen LogP contribution in [0.15, 0.2) is 47.4 Å². The van der Waals surface area contributed by atoms with Crippen molar-refractivity contribution in [2.45, 2.75) is 11.8 Å². The van der Waals surface area contributed by atoms with E-state index in [4.69, 9.17) is 4.74 Å². The highest BCUT2D eigenvalue weighted by atomic mass is 32.2. The van der Waals surface area contributed by atoms with Crippen molar-refractivity contribution < 1.29 is 18.7 Å². The Morgan fingerprint density at radius 1 is 1.07 bits per heavy atom. The number of amides is 1. The van der Waals surface area contributed by atoms with Gasteiger partial charge in [-0.1, -0.05) is 0 Å². The van der Waals surface area contributed by atoms with Gasteiger partial charge in [0.15, 0.2) is 5.78 Å². The minimum Gasteiger partial charge on any atom is -0.497 e. The van der Waals surface area contributed by atoms with Gasteiger partial charge in [-0.2, -0.15) is 0 Å². The number of anilines is 1. The zero-order valence-electron chi connectivity index (χ0n) is 16.0. The van der Waals surface area contributed by atoms with Crippen molar-refractivity contribution in [2.24, 2.45) is 0 Å². The number of Topliss-reactive ketones (excluding diaryl/α,β-unsaturated/α-hetero) is 1. The first-order chi connectivity index (χ1) is 13.5. The van der Waals surface area contributed by atoms with Crippen LogP contribution in [0.25, 0.3) is 0 Å². The van der Waals surface area contributed by atoms with Crippen LogP contribution in [-0.2, 0) is 4.79 Å². The third kappa shape index (κ3) is 4.84. The van der Waals surface area contributed by atoms with E-state index in [1.807, 2.05) is 34.1 Å². The Morgan fingerprint density at radius 2 is 1.75 bits per heavy atom. The lowest BCUT2D eigenvalue weighted by Gasteiger charge is -2.36. The number of nitrogens with zero attached hydrogens (tertiary/aromatic N) is 2. The molecule has 0 aromatic heterocycles. The number of thioether (sulfide) groups is 1. The van der Waals surface area contributed by atoms with Gasteiger partial charge in [0.2, 0.25) is 5.91 Å². The largest absolute Gasteiger partial charge is 0.497 e. The summed E-state index contributed by atoms with van der Waals surface area (Å²) in [7, 11) is 1.62. The van der Waals surface area contributed by atoms with Crippen LogP contribution in [0, 0.1) is 5.82 Å². The second kappa shape index (κ2) is 9.10. The molecule has 5 nitrogen and oxygen atoms in total. The summed E-state index contributed by atoms with van der Waals surface area (Å²) >= 11 is 1.49. The van der Waals surface area contributed by atoms with E-state index >= 15 is 0 Å². The lowest BCUT2D eigenvalue weighted by molar-refractivity contribution is -0.128. The molecule has 0 unspecified atom stereocenters.